The number of hydrogen-bond donors (Lipinski definition) is 0. The predicted octanol–water partition coefficient (Wildman–Crippen LogP) is 9.09. The molecular weight excluding hydrogens is 540 g/mol. The second-order valence-electron chi connectivity index (χ2n) is 12.3. The number of para-hydroxylation sites is 2. The third-order valence-electron chi connectivity index (χ3n) is 9.29. The Kier molecular flexibility index (Phi) is 7.46. The van der Waals surface area contributed by atoms with Crippen LogP contribution in [0.5, 0.6) is 0 Å². The Balaban J connectivity index is 1.14. The zero-order valence-corrected chi connectivity index (χ0v) is 24.6. The highest BCUT2D eigenvalue weighted by molar-refractivity contribution is 5.97. The van der Waals surface area contributed by atoms with E-state index in [0.717, 1.165) is 70.7 Å². The lowest BCUT2D eigenvalue weighted by molar-refractivity contribution is 0.0708. The third-order valence-corrected chi connectivity index (χ3v) is 9.29. The lowest BCUT2D eigenvalue weighted by Crippen LogP contribution is -2.38. The largest absolute Gasteiger partial charge is 0.339 e. The van der Waals surface area contributed by atoms with Crippen molar-refractivity contribution in [1.29, 1.82) is 0 Å². The fourth-order valence-corrected chi connectivity index (χ4v) is 6.80. The first-order chi connectivity index (χ1) is 21.0. The molecule has 2 heterocycles. The van der Waals surface area contributed by atoms with E-state index in [-0.39, 0.29) is 17.6 Å². The summed E-state index contributed by atoms with van der Waals surface area (Å²) in [4.78, 5) is 20.6. The fourth-order valence-electron chi connectivity index (χ4n) is 6.80. The maximum absolute atomic E-state index is 15.1. The van der Waals surface area contributed by atoms with Gasteiger partial charge in [-0.1, -0.05) is 55.0 Å². The number of piperidine rings is 1. The number of fused-ring (bicyclic) bond motifs is 2. The van der Waals surface area contributed by atoms with Gasteiger partial charge in [-0.2, -0.15) is 0 Å². The molecule has 43 heavy (non-hydrogen) atoms. The van der Waals surface area contributed by atoms with Gasteiger partial charge in [0, 0.05) is 24.6 Å². The number of benzene rings is 3. The van der Waals surface area contributed by atoms with E-state index in [1.54, 1.807) is 16.7 Å². The number of carbonyl (C=O) groups excluding carboxylic acids is 1. The quantitative estimate of drug-likeness (QED) is 0.220. The van der Waals surface area contributed by atoms with Crippen molar-refractivity contribution in [3.05, 3.63) is 112 Å². The molecule has 4 aromatic rings. The molecule has 0 spiro atoms. The normalized spacial score (nSPS) is 18.2. The lowest BCUT2D eigenvalue weighted by Gasteiger charge is -2.32. The van der Waals surface area contributed by atoms with E-state index < -0.39 is 6.30 Å². The Morgan fingerprint density at radius 3 is 2.58 bits per heavy atom. The molecule has 1 aliphatic heterocycles. The molecule has 0 N–H and O–H groups in total. The van der Waals surface area contributed by atoms with Crippen molar-refractivity contribution in [1.82, 2.24) is 14.5 Å². The fraction of sp³-hybridized carbons (Fsp3) is 0.351. The topological polar surface area (TPSA) is 38.1 Å². The van der Waals surface area contributed by atoms with Crippen molar-refractivity contribution >= 4 is 28.6 Å². The summed E-state index contributed by atoms with van der Waals surface area (Å²) in [6, 6.07) is 20.5. The molecule has 0 bridgehead atoms. The number of likely N-dealkylation sites (tertiary alicyclic amines) is 1. The van der Waals surface area contributed by atoms with Gasteiger partial charge in [0.1, 0.15) is 11.6 Å². The molecule has 7 rings (SSSR count). The monoisotopic (exact) mass is 577 g/mol. The minimum atomic E-state index is -1.12. The average Bonchev–Trinajstić information content (AvgIpc) is 3.80. The van der Waals surface area contributed by atoms with Gasteiger partial charge in [-0.3, -0.25) is 9.36 Å². The molecule has 3 aliphatic rings. The molecule has 1 saturated heterocycles. The first kappa shape index (κ1) is 27.8. The summed E-state index contributed by atoms with van der Waals surface area (Å²) in [7, 11) is 0. The van der Waals surface area contributed by atoms with Crippen LogP contribution in [-0.2, 0) is 0 Å². The second kappa shape index (κ2) is 11.6. The molecule has 0 radical (unpaired) electrons. The number of hydrogen-bond acceptors (Lipinski definition) is 2. The van der Waals surface area contributed by atoms with Crippen molar-refractivity contribution in [2.75, 3.05) is 13.1 Å². The van der Waals surface area contributed by atoms with Gasteiger partial charge in [0.25, 0.3) is 5.91 Å². The zero-order valence-electron chi connectivity index (χ0n) is 24.6. The van der Waals surface area contributed by atoms with Crippen LogP contribution in [0.25, 0.3) is 22.7 Å². The maximum atomic E-state index is 15.1. The number of nitrogens with zero attached hydrogens (tertiary/aromatic N) is 3. The lowest BCUT2D eigenvalue weighted by atomic mass is 9.92. The van der Waals surface area contributed by atoms with Crippen molar-refractivity contribution < 1.29 is 13.6 Å². The van der Waals surface area contributed by atoms with Crippen LogP contribution in [0.3, 0.4) is 0 Å². The van der Waals surface area contributed by atoms with Crippen LogP contribution in [0.1, 0.15) is 97.0 Å². The summed E-state index contributed by atoms with van der Waals surface area (Å²) in [5, 5.41) is 0. The zero-order chi connectivity index (χ0) is 29.5. The summed E-state index contributed by atoms with van der Waals surface area (Å²) < 4.78 is 31.1. The summed E-state index contributed by atoms with van der Waals surface area (Å²) >= 11 is 0. The molecule has 2 fully saturated rings. The maximum Gasteiger partial charge on any atom is 0.253 e. The van der Waals surface area contributed by atoms with E-state index in [1.807, 2.05) is 60.4 Å². The van der Waals surface area contributed by atoms with Gasteiger partial charge in [-0.15, -0.1) is 0 Å². The van der Waals surface area contributed by atoms with Gasteiger partial charge < -0.3 is 4.90 Å². The van der Waals surface area contributed by atoms with Crippen LogP contribution >= 0.6 is 0 Å². The molecule has 4 nitrogen and oxygen atoms in total. The van der Waals surface area contributed by atoms with Gasteiger partial charge in [-0.25, -0.2) is 13.8 Å². The molecule has 3 aromatic carbocycles. The highest BCUT2D eigenvalue weighted by atomic mass is 19.1. The Bertz CT molecular complexity index is 1740. The molecule has 6 heteroatoms. The molecule has 1 atom stereocenters. The van der Waals surface area contributed by atoms with Gasteiger partial charge in [0.2, 0.25) is 0 Å². The van der Waals surface area contributed by atoms with Gasteiger partial charge in [-0.05, 0) is 110 Å². The van der Waals surface area contributed by atoms with E-state index in [4.69, 9.17) is 4.98 Å². The number of carbonyl (C=O) groups is 1. The van der Waals surface area contributed by atoms with Gasteiger partial charge >= 0.3 is 0 Å². The average molecular weight is 578 g/mol. The van der Waals surface area contributed by atoms with E-state index in [0.29, 0.717) is 25.1 Å². The van der Waals surface area contributed by atoms with Crippen LogP contribution in [-0.4, -0.2) is 33.4 Å². The number of imidazole rings is 1. The number of amides is 1. The highest BCUT2D eigenvalue weighted by Gasteiger charge is 2.30. The van der Waals surface area contributed by atoms with E-state index in [9.17, 15) is 9.18 Å². The molecule has 1 aromatic heterocycles. The van der Waals surface area contributed by atoms with Crippen LogP contribution in [0.15, 0.2) is 78.4 Å². The summed E-state index contributed by atoms with van der Waals surface area (Å²) in [6.07, 6.45) is 9.68. The van der Waals surface area contributed by atoms with E-state index in [2.05, 4.69) is 12.2 Å². The minimum Gasteiger partial charge on any atom is -0.339 e. The standard InChI is InChI=1S/C37H37F2N3O/c1-2-35(39)42-34-9-4-3-8-33(34)40-36(42)26-16-18-41(19-17-26)37(43)28-13-15-32-29(22-28)21-25(20-24-10-11-24)12-14-31(32)27-6-5-7-30(38)23-27/h3-9,13-15,21-24,26,35H,2,10-12,16-20H2,1H3. The Morgan fingerprint density at radius 1 is 1.00 bits per heavy atom. The number of rotatable bonds is 7. The Labute approximate surface area is 251 Å². The van der Waals surface area contributed by atoms with Crippen molar-refractivity contribution in [3.63, 3.8) is 0 Å². The molecule has 1 unspecified atom stereocenters. The van der Waals surface area contributed by atoms with E-state index >= 15 is 4.39 Å². The molecule has 220 valence electrons. The Hall–Kier alpha value is -4.06. The van der Waals surface area contributed by atoms with Crippen molar-refractivity contribution in [2.24, 2.45) is 5.92 Å². The Morgan fingerprint density at radius 2 is 1.81 bits per heavy atom. The smallest absolute Gasteiger partial charge is 0.253 e. The highest BCUT2D eigenvalue weighted by Crippen LogP contribution is 2.40. The van der Waals surface area contributed by atoms with Crippen LogP contribution in [0.2, 0.25) is 0 Å². The SMILES string of the molecule is CCC(F)n1c(C2CCN(C(=O)c3ccc4c(c3)C=C(CC3CC3)CC=C4c3cccc(F)c3)CC2)nc2ccccc21. The van der Waals surface area contributed by atoms with Gasteiger partial charge in [0.05, 0.1) is 11.0 Å². The number of allylic oxidation sites excluding steroid dienone is 2. The number of alkyl halides is 1. The van der Waals surface area contributed by atoms with Crippen molar-refractivity contribution in [3.8, 4) is 0 Å². The molecular formula is C37H37F2N3O. The predicted molar refractivity (Wildman–Crippen MR) is 168 cm³/mol. The van der Waals surface area contributed by atoms with Crippen LogP contribution < -0.4 is 0 Å². The minimum absolute atomic E-state index is 0.0179. The second-order valence-corrected chi connectivity index (χ2v) is 12.3. The van der Waals surface area contributed by atoms with Gasteiger partial charge in [0.15, 0.2) is 6.30 Å². The summed E-state index contributed by atoms with van der Waals surface area (Å²) in [5.74, 6) is 1.41. The summed E-state index contributed by atoms with van der Waals surface area (Å²) in [6.45, 7) is 3.06. The first-order valence-electron chi connectivity index (χ1n) is 15.7. The molecule has 1 amide bonds. The first-order valence-corrected chi connectivity index (χ1v) is 15.7. The number of halogens is 2. The molecule has 2 aliphatic carbocycles. The number of aromatic nitrogens is 2. The summed E-state index contributed by atoms with van der Waals surface area (Å²) in [5.41, 5.74) is 7.59. The third kappa shape index (κ3) is 5.55. The molecule has 1 saturated carbocycles. The van der Waals surface area contributed by atoms with Crippen LogP contribution in [0.4, 0.5) is 8.78 Å². The van der Waals surface area contributed by atoms with E-state index in [1.165, 1.54) is 24.5 Å². The van der Waals surface area contributed by atoms with Crippen molar-refractivity contribution in [2.45, 2.75) is 64.1 Å². The van der Waals surface area contributed by atoms with Crippen LogP contribution in [0, 0.1) is 11.7 Å².